The molecule has 7 rings (SSSR count). The summed E-state index contributed by atoms with van der Waals surface area (Å²) < 4.78 is 16.1. The number of rotatable bonds is 5. The van der Waals surface area contributed by atoms with Crippen molar-refractivity contribution >= 4 is 65.8 Å². The number of ether oxygens (including phenoxy) is 2. The maximum Gasteiger partial charge on any atom is 0.291 e. The van der Waals surface area contributed by atoms with Crippen molar-refractivity contribution in [3.8, 4) is 11.5 Å². The minimum Gasteiger partial charge on any atom is -0.474 e. The molecule has 5 aromatic rings. The fourth-order valence-electron chi connectivity index (χ4n) is 5.90. The molecule has 214 valence electrons. The number of hydrogen-bond donors (Lipinski definition) is 0. The molecule has 43 heavy (non-hydrogen) atoms. The summed E-state index contributed by atoms with van der Waals surface area (Å²) in [4.78, 5) is 23.5. The van der Waals surface area contributed by atoms with Crippen LogP contribution in [-0.2, 0) is 6.54 Å². The molecular weight excluding hydrogens is 682 g/mol. The van der Waals surface area contributed by atoms with Gasteiger partial charge in [0, 0.05) is 71.7 Å². The highest BCUT2D eigenvalue weighted by atomic mass is 79.9. The Morgan fingerprint density at radius 3 is 1.53 bits per heavy atom. The Balaban J connectivity index is 1.37. The quantitative estimate of drug-likeness (QED) is 0.134. The Bertz CT molecular complexity index is 1940. The maximum absolute atomic E-state index is 12.1. The number of fused-ring (bicyclic) bond motifs is 5. The van der Waals surface area contributed by atoms with Crippen molar-refractivity contribution in [3.05, 3.63) is 136 Å². The van der Waals surface area contributed by atoms with Crippen molar-refractivity contribution in [1.29, 1.82) is 0 Å². The fraction of sp³-hybridized carbons (Fsp3) is 0.125. The summed E-state index contributed by atoms with van der Waals surface area (Å²) >= 11 is 6.83. The molecule has 0 spiro atoms. The molecule has 2 aliphatic rings. The van der Waals surface area contributed by atoms with Gasteiger partial charge in [-0.3, -0.25) is 20.2 Å². The van der Waals surface area contributed by atoms with Crippen LogP contribution in [0.5, 0.6) is 11.5 Å². The van der Waals surface area contributed by atoms with Crippen LogP contribution in [0.3, 0.4) is 0 Å². The minimum absolute atomic E-state index is 0.0634. The molecule has 0 saturated heterocycles. The predicted octanol–water partition coefficient (Wildman–Crippen LogP) is 8.84. The number of aryl methyl sites for hydroxylation is 1. The summed E-state index contributed by atoms with van der Waals surface area (Å²) in [7, 11) is 0. The number of aromatic nitrogens is 1. The average molecular weight is 703 g/mol. The molecule has 9 nitrogen and oxygen atoms in total. The van der Waals surface area contributed by atoms with Crippen molar-refractivity contribution < 1.29 is 19.3 Å². The first-order valence-corrected chi connectivity index (χ1v) is 15.0. The maximum atomic E-state index is 12.1. The highest BCUT2D eigenvalue weighted by Crippen LogP contribution is 2.43. The molecule has 2 atom stereocenters. The van der Waals surface area contributed by atoms with Crippen LogP contribution in [0.2, 0.25) is 0 Å². The molecule has 0 radical (unpaired) electrons. The standard InChI is InChI=1S/C32H21Br2N3O6/c1-2-35-25-7-3-17(31-27(36(38)39)15-19-11-21(33)5-9-29(19)42-31)13-23(25)24-14-18(4-8-26(24)35)32-28(37(40)41)16-20-12-22(34)6-10-30(20)43-32/h3-16,31-32H,2H2,1H3. The SMILES string of the molecule is CCn1c2ccc(C3Oc4ccc(Br)cc4C=C3[N+](=O)[O-])cc2c2cc(C3Oc4ccc(Br)cc4C=C3[N+](=O)[O-])ccc21. The molecule has 0 bridgehead atoms. The van der Waals surface area contributed by atoms with Gasteiger partial charge < -0.3 is 14.0 Å². The molecule has 0 aliphatic carbocycles. The summed E-state index contributed by atoms with van der Waals surface area (Å²) in [6.45, 7) is 2.73. The third kappa shape index (κ3) is 4.59. The lowest BCUT2D eigenvalue weighted by molar-refractivity contribution is -0.434. The Labute approximate surface area is 261 Å². The molecular formula is C32H21Br2N3O6. The van der Waals surface area contributed by atoms with E-state index >= 15 is 0 Å². The van der Waals surface area contributed by atoms with Crippen LogP contribution in [0.15, 0.2) is 93.1 Å². The third-order valence-electron chi connectivity index (χ3n) is 7.83. The third-order valence-corrected chi connectivity index (χ3v) is 8.82. The molecule has 0 saturated carbocycles. The average Bonchev–Trinajstić information content (AvgIpc) is 3.31. The Hall–Kier alpha value is -4.48. The summed E-state index contributed by atoms with van der Waals surface area (Å²) in [5.74, 6) is 1.11. The second-order valence-corrected chi connectivity index (χ2v) is 12.1. The molecule has 2 unspecified atom stereocenters. The van der Waals surface area contributed by atoms with Crippen LogP contribution in [0.4, 0.5) is 0 Å². The van der Waals surface area contributed by atoms with Crippen LogP contribution >= 0.6 is 31.9 Å². The van der Waals surface area contributed by atoms with Crippen LogP contribution < -0.4 is 9.47 Å². The van der Waals surface area contributed by atoms with E-state index in [0.717, 1.165) is 30.8 Å². The van der Waals surface area contributed by atoms with E-state index in [-0.39, 0.29) is 11.4 Å². The van der Waals surface area contributed by atoms with E-state index in [9.17, 15) is 20.2 Å². The van der Waals surface area contributed by atoms with E-state index < -0.39 is 22.1 Å². The second kappa shape index (κ2) is 10.4. The normalized spacial score (nSPS) is 17.4. The van der Waals surface area contributed by atoms with Crippen molar-refractivity contribution in [1.82, 2.24) is 4.57 Å². The van der Waals surface area contributed by atoms with E-state index in [0.29, 0.717) is 40.3 Å². The van der Waals surface area contributed by atoms with Crippen molar-refractivity contribution in [2.75, 3.05) is 0 Å². The van der Waals surface area contributed by atoms with Crippen molar-refractivity contribution in [3.63, 3.8) is 0 Å². The van der Waals surface area contributed by atoms with Gasteiger partial charge in [0.2, 0.25) is 12.2 Å². The Morgan fingerprint density at radius 1 is 0.698 bits per heavy atom. The highest BCUT2D eigenvalue weighted by Gasteiger charge is 2.35. The van der Waals surface area contributed by atoms with E-state index in [2.05, 4.69) is 36.4 Å². The Kier molecular flexibility index (Phi) is 6.59. The molecule has 4 aromatic carbocycles. The number of nitro groups is 2. The van der Waals surface area contributed by atoms with E-state index in [1.165, 1.54) is 0 Å². The number of nitrogens with zero attached hydrogens (tertiary/aromatic N) is 3. The largest absolute Gasteiger partial charge is 0.474 e. The van der Waals surface area contributed by atoms with Crippen LogP contribution in [-0.4, -0.2) is 14.4 Å². The Morgan fingerprint density at radius 2 is 1.14 bits per heavy atom. The lowest BCUT2D eigenvalue weighted by atomic mass is 9.97. The molecule has 0 amide bonds. The van der Waals surface area contributed by atoms with Crippen LogP contribution in [0, 0.1) is 20.2 Å². The molecule has 11 heteroatoms. The number of hydrogen-bond acceptors (Lipinski definition) is 6. The zero-order valence-electron chi connectivity index (χ0n) is 22.5. The van der Waals surface area contributed by atoms with Crippen LogP contribution in [0.1, 0.15) is 41.4 Å². The van der Waals surface area contributed by atoms with Gasteiger partial charge in [-0.15, -0.1) is 0 Å². The smallest absolute Gasteiger partial charge is 0.291 e. The van der Waals surface area contributed by atoms with E-state index in [1.807, 2.05) is 55.5 Å². The molecule has 0 fully saturated rings. The monoisotopic (exact) mass is 701 g/mol. The first kappa shape index (κ1) is 27.4. The van der Waals surface area contributed by atoms with Gasteiger partial charge in [-0.1, -0.05) is 44.0 Å². The molecule has 3 heterocycles. The van der Waals surface area contributed by atoms with Gasteiger partial charge in [0.05, 0.1) is 9.85 Å². The van der Waals surface area contributed by atoms with E-state index in [4.69, 9.17) is 9.47 Å². The zero-order chi connectivity index (χ0) is 30.0. The molecule has 2 aliphatic heterocycles. The van der Waals surface area contributed by atoms with Crippen molar-refractivity contribution in [2.24, 2.45) is 0 Å². The van der Waals surface area contributed by atoms with Gasteiger partial charge in [-0.2, -0.15) is 0 Å². The predicted molar refractivity (Wildman–Crippen MR) is 170 cm³/mol. The summed E-state index contributed by atoms with van der Waals surface area (Å²) in [6.07, 6.45) is 1.26. The van der Waals surface area contributed by atoms with Gasteiger partial charge >= 0.3 is 0 Å². The molecule has 1 aromatic heterocycles. The summed E-state index contributed by atoms with van der Waals surface area (Å²) in [5, 5.41) is 26.0. The highest BCUT2D eigenvalue weighted by molar-refractivity contribution is 9.10. The van der Waals surface area contributed by atoms with Gasteiger partial charge in [0.15, 0.2) is 0 Å². The topological polar surface area (TPSA) is 110 Å². The van der Waals surface area contributed by atoms with Gasteiger partial charge in [0.1, 0.15) is 11.5 Å². The summed E-state index contributed by atoms with van der Waals surface area (Å²) in [6, 6.07) is 22.2. The van der Waals surface area contributed by atoms with Gasteiger partial charge in [-0.25, -0.2) is 0 Å². The minimum atomic E-state index is -0.919. The van der Waals surface area contributed by atoms with Gasteiger partial charge in [-0.05, 0) is 67.6 Å². The first-order chi connectivity index (χ1) is 20.7. The lowest BCUT2D eigenvalue weighted by Gasteiger charge is -2.23. The molecule has 0 N–H and O–H groups in total. The van der Waals surface area contributed by atoms with Gasteiger partial charge in [0.25, 0.3) is 11.4 Å². The van der Waals surface area contributed by atoms with Crippen molar-refractivity contribution in [2.45, 2.75) is 25.7 Å². The van der Waals surface area contributed by atoms with Crippen LogP contribution in [0.25, 0.3) is 34.0 Å². The lowest BCUT2D eigenvalue weighted by Crippen LogP contribution is -2.19. The zero-order valence-corrected chi connectivity index (χ0v) is 25.7. The summed E-state index contributed by atoms with van der Waals surface area (Å²) in [5.41, 5.74) is 4.26. The fourth-order valence-corrected chi connectivity index (χ4v) is 6.66. The number of benzene rings is 4. The second-order valence-electron chi connectivity index (χ2n) is 10.3. The number of halogens is 2. The first-order valence-electron chi connectivity index (χ1n) is 13.4. The van der Waals surface area contributed by atoms with E-state index in [1.54, 1.807) is 36.4 Å².